The van der Waals surface area contributed by atoms with Crippen molar-refractivity contribution in [2.45, 2.75) is 25.5 Å². The highest BCUT2D eigenvalue weighted by atomic mass is 79.9. The lowest BCUT2D eigenvalue weighted by atomic mass is 9.83. The van der Waals surface area contributed by atoms with Gasteiger partial charge in [0.1, 0.15) is 31.3 Å². The van der Waals surface area contributed by atoms with E-state index < -0.39 is 11.9 Å². The zero-order chi connectivity index (χ0) is 25.8. The van der Waals surface area contributed by atoms with E-state index in [2.05, 4.69) is 0 Å². The first-order valence-electron chi connectivity index (χ1n) is 12.6. The third-order valence-electron chi connectivity index (χ3n) is 7.57. The maximum Gasteiger partial charge on any atom is 0.415 e. The van der Waals surface area contributed by atoms with E-state index in [4.69, 9.17) is 9.47 Å². The molecule has 3 aliphatic heterocycles. The maximum absolute atomic E-state index is 14.7. The topological polar surface area (TPSA) is 38.8 Å². The Morgan fingerprint density at radius 1 is 0.895 bits per heavy atom. The molecule has 0 aromatic heterocycles. The van der Waals surface area contributed by atoms with E-state index in [9.17, 15) is 18.0 Å². The molecular weight excluding hydrogens is 561 g/mol. The highest BCUT2D eigenvalue weighted by molar-refractivity contribution is 5.87. The van der Waals surface area contributed by atoms with Crippen molar-refractivity contribution in [2.24, 2.45) is 5.92 Å². The number of benzene rings is 3. The number of carbonyl (C=O) groups is 1. The molecule has 1 atom stereocenters. The molecule has 1 amide bonds. The molecule has 0 unspecified atom stereocenters. The number of rotatable bonds is 8. The summed E-state index contributed by atoms with van der Waals surface area (Å²) < 4.78 is 54.5. The number of amides is 1. The number of quaternary nitrogens is 1. The van der Waals surface area contributed by atoms with Crippen LogP contribution in [0.4, 0.5) is 23.7 Å². The van der Waals surface area contributed by atoms with Gasteiger partial charge in [-0.1, -0.05) is 36.4 Å². The van der Waals surface area contributed by atoms with Crippen LogP contribution in [0, 0.1) is 23.4 Å². The fraction of sp³-hybridized carbons (Fsp3) is 0.345. The maximum atomic E-state index is 14.7. The van der Waals surface area contributed by atoms with Crippen LogP contribution in [-0.4, -0.2) is 49.5 Å². The van der Waals surface area contributed by atoms with Gasteiger partial charge in [0.15, 0.2) is 17.7 Å². The molecule has 3 aromatic rings. The van der Waals surface area contributed by atoms with Gasteiger partial charge in [0.2, 0.25) is 0 Å². The summed E-state index contributed by atoms with van der Waals surface area (Å²) in [6, 6.07) is 18.2. The van der Waals surface area contributed by atoms with Crippen LogP contribution in [0.1, 0.15) is 18.4 Å². The molecule has 0 N–H and O–H groups in total. The van der Waals surface area contributed by atoms with E-state index in [0.29, 0.717) is 25.3 Å². The van der Waals surface area contributed by atoms with Gasteiger partial charge in [-0.05, 0) is 42.0 Å². The summed E-state index contributed by atoms with van der Waals surface area (Å²) in [4.78, 5) is 14.7. The molecule has 5 nitrogen and oxygen atoms in total. The summed E-state index contributed by atoms with van der Waals surface area (Å²) >= 11 is 0. The largest absolute Gasteiger partial charge is 1.00 e. The van der Waals surface area contributed by atoms with Crippen LogP contribution in [0.25, 0.3) is 0 Å². The van der Waals surface area contributed by atoms with Crippen LogP contribution in [0.2, 0.25) is 0 Å². The molecule has 3 aliphatic rings. The number of para-hydroxylation sites is 2. The number of anilines is 1. The summed E-state index contributed by atoms with van der Waals surface area (Å²) in [6.07, 6.45) is 0.879. The molecule has 0 spiro atoms. The smallest absolute Gasteiger partial charge is 0.415 e. The lowest BCUT2D eigenvalue weighted by Crippen LogP contribution is -3.00. The molecule has 0 aliphatic carbocycles. The SMILES string of the molecule is O=C(O[C@H]1C[N+]2(CCOc3ccccc3F)CCC1CC2)N(Cc1ccc(F)cc1)c1ccccc1F.[Br-]. The van der Waals surface area contributed by atoms with E-state index in [0.717, 1.165) is 30.4 Å². The van der Waals surface area contributed by atoms with Gasteiger partial charge in [-0.2, -0.15) is 0 Å². The number of ether oxygens (including phenoxy) is 2. The predicted octanol–water partition coefficient (Wildman–Crippen LogP) is 2.94. The lowest BCUT2D eigenvalue weighted by Gasteiger charge is -2.52. The van der Waals surface area contributed by atoms with Gasteiger partial charge >= 0.3 is 6.09 Å². The molecule has 6 rings (SSSR count). The van der Waals surface area contributed by atoms with Crippen LogP contribution in [0.3, 0.4) is 0 Å². The molecule has 2 bridgehead atoms. The van der Waals surface area contributed by atoms with E-state index in [1.165, 1.54) is 35.2 Å². The summed E-state index contributed by atoms with van der Waals surface area (Å²) in [5.74, 6) is -0.837. The van der Waals surface area contributed by atoms with Gasteiger partial charge in [-0.3, -0.25) is 4.90 Å². The minimum absolute atomic E-state index is 0. The molecule has 3 aromatic carbocycles. The second-order valence-electron chi connectivity index (χ2n) is 9.90. The standard InChI is InChI=1S/C29H30F3N2O3.BrH/c30-23-11-9-21(10-12-23)19-33(26-7-3-1-5-24(26)31)29(35)37-28-20-34(15-13-22(28)14-16-34)17-18-36-27-8-4-2-6-25(27)32;/h1-12,22,28H,13-20H2;1H/q+1;/p-1/t22?,28-,34?;/m0./s1. The Morgan fingerprint density at radius 3 is 2.24 bits per heavy atom. The van der Waals surface area contributed by atoms with E-state index in [1.807, 2.05) is 0 Å². The van der Waals surface area contributed by atoms with E-state index in [1.54, 1.807) is 42.5 Å². The third-order valence-corrected chi connectivity index (χ3v) is 7.57. The van der Waals surface area contributed by atoms with Gasteiger partial charge in [-0.25, -0.2) is 18.0 Å². The van der Waals surface area contributed by atoms with Gasteiger partial charge in [0.05, 0.1) is 25.3 Å². The number of piperidine rings is 3. The molecule has 0 radical (unpaired) electrons. The van der Waals surface area contributed by atoms with Crippen molar-refractivity contribution >= 4 is 11.8 Å². The van der Waals surface area contributed by atoms with E-state index in [-0.39, 0.29) is 58.6 Å². The average Bonchev–Trinajstić information content (AvgIpc) is 2.90. The highest BCUT2D eigenvalue weighted by Gasteiger charge is 2.48. The summed E-state index contributed by atoms with van der Waals surface area (Å²) in [7, 11) is 0. The molecule has 3 saturated heterocycles. The quantitative estimate of drug-likeness (QED) is 0.379. The first-order chi connectivity index (χ1) is 17.9. The van der Waals surface area contributed by atoms with Crippen LogP contribution in [0.5, 0.6) is 5.75 Å². The number of fused-ring (bicyclic) bond motifs is 3. The van der Waals surface area contributed by atoms with Gasteiger partial charge in [0.25, 0.3) is 0 Å². The highest BCUT2D eigenvalue weighted by Crippen LogP contribution is 2.36. The minimum atomic E-state index is -0.631. The normalized spacial score (nSPS) is 21.9. The van der Waals surface area contributed by atoms with Crippen molar-refractivity contribution in [3.8, 4) is 5.75 Å². The molecule has 38 heavy (non-hydrogen) atoms. The minimum Gasteiger partial charge on any atom is -1.00 e. The van der Waals surface area contributed by atoms with Gasteiger partial charge < -0.3 is 30.9 Å². The molecule has 3 fully saturated rings. The van der Waals surface area contributed by atoms with Gasteiger partial charge in [-0.15, -0.1) is 0 Å². The Balaban J connectivity index is 0.00000336. The van der Waals surface area contributed by atoms with Crippen LogP contribution in [0.15, 0.2) is 72.8 Å². The number of nitrogens with zero attached hydrogens (tertiary/aromatic N) is 2. The Kier molecular flexibility index (Phi) is 8.99. The average molecular weight is 591 g/mol. The van der Waals surface area contributed by atoms with Crippen molar-refractivity contribution in [3.63, 3.8) is 0 Å². The number of hydrogen-bond acceptors (Lipinski definition) is 3. The zero-order valence-corrected chi connectivity index (χ0v) is 22.5. The Morgan fingerprint density at radius 2 is 1.55 bits per heavy atom. The first kappa shape index (κ1) is 28.0. The Bertz CT molecular complexity index is 1240. The summed E-state index contributed by atoms with van der Waals surface area (Å²) in [5.41, 5.74) is 0.768. The second kappa shape index (κ2) is 12.2. The fourth-order valence-electron chi connectivity index (χ4n) is 5.46. The fourth-order valence-corrected chi connectivity index (χ4v) is 5.46. The van der Waals surface area contributed by atoms with Crippen molar-refractivity contribution < 1.29 is 48.9 Å². The second-order valence-corrected chi connectivity index (χ2v) is 9.90. The van der Waals surface area contributed by atoms with Crippen LogP contribution < -0.4 is 26.6 Å². The van der Waals surface area contributed by atoms with Crippen molar-refractivity contribution in [1.82, 2.24) is 0 Å². The van der Waals surface area contributed by atoms with Crippen molar-refractivity contribution in [3.05, 3.63) is 95.8 Å². The predicted molar refractivity (Wildman–Crippen MR) is 134 cm³/mol. The van der Waals surface area contributed by atoms with Crippen molar-refractivity contribution in [2.75, 3.05) is 37.7 Å². The number of carbonyl (C=O) groups excluding carboxylic acids is 1. The Hall–Kier alpha value is -3.04. The summed E-state index contributed by atoms with van der Waals surface area (Å²) in [6.45, 7) is 3.63. The molecule has 202 valence electrons. The third kappa shape index (κ3) is 6.32. The van der Waals surface area contributed by atoms with Gasteiger partial charge in [0, 0.05) is 18.8 Å². The first-order valence-corrected chi connectivity index (χ1v) is 12.6. The molecule has 3 heterocycles. The molecule has 0 saturated carbocycles. The number of halogens is 4. The van der Waals surface area contributed by atoms with Crippen LogP contribution in [-0.2, 0) is 11.3 Å². The Labute approximate surface area is 231 Å². The van der Waals surface area contributed by atoms with Crippen LogP contribution >= 0.6 is 0 Å². The zero-order valence-electron chi connectivity index (χ0n) is 20.9. The molecule has 9 heteroatoms. The van der Waals surface area contributed by atoms with E-state index >= 15 is 0 Å². The lowest BCUT2D eigenvalue weighted by molar-refractivity contribution is -0.946. The summed E-state index contributed by atoms with van der Waals surface area (Å²) in [5, 5.41) is 0. The monoisotopic (exact) mass is 590 g/mol. The van der Waals surface area contributed by atoms with Crippen molar-refractivity contribution in [1.29, 1.82) is 0 Å². The number of hydrogen-bond donors (Lipinski definition) is 0. The molecular formula is C29H30BrF3N2O3.